The summed E-state index contributed by atoms with van der Waals surface area (Å²) in [5.74, 6) is -0.493. The second-order valence-electron chi connectivity index (χ2n) is 7.23. The van der Waals surface area contributed by atoms with Crippen molar-refractivity contribution in [3.8, 4) is 0 Å². The monoisotopic (exact) mass is 367 g/mol. The van der Waals surface area contributed by atoms with Crippen LogP contribution in [0.3, 0.4) is 0 Å². The number of hydrogen-bond acceptors (Lipinski definition) is 2. The van der Waals surface area contributed by atoms with E-state index in [2.05, 4.69) is 10.3 Å². The Morgan fingerprint density at radius 2 is 2.00 bits per heavy atom. The Bertz CT molecular complexity index is 968. The Hall–Kier alpha value is -2.89. The van der Waals surface area contributed by atoms with Gasteiger partial charge in [0, 0.05) is 35.7 Å². The zero-order valence-corrected chi connectivity index (χ0v) is 15.5. The van der Waals surface area contributed by atoms with E-state index in [0.29, 0.717) is 23.2 Å². The number of aryl methyl sites for hydroxylation is 1. The maximum absolute atomic E-state index is 13.6. The minimum atomic E-state index is -0.382. The third-order valence-corrected chi connectivity index (χ3v) is 5.47. The number of likely N-dealkylation sites (tertiary alicyclic amines) is 1. The number of carbonyl (C=O) groups excluding carboxylic acids is 2. The maximum Gasteiger partial charge on any atom is 0.256 e. The van der Waals surface area contributed by atoms with E-state index in [4.69, 9.17) is 0 Å². The van der Waals surface area contributed by atoms with Crippen molar-refractivity contribution in [2.24, 2.45) is 0 Å². The van der Waals surface area contributed by atoms with Crippen LogP contribution in [-0.2, 0) is 16.0 Å². The molecule has 2 amide bonds. The number of halogens is 1. The number of fused-ring (bicyclic) bond motifs is 1. The van der Waals surface area contributed by atoms with Gasteiger partial charge < -0.3 is 15.2 Å². The standard InChI is InChI=1S/C21H22FN3O2/c1-12-15(11-20(26)25-7-3-4-8-25)13(2)23-19(12)10-17-16-9-14(22)5-6-18(16)24-21(17)27/h5-6,9-10,23H,3-4,7-8,11H2,1-2H3,(H,24,27)/b17-10-. The number of H-pyrrole nitrogens is 1. The SMILES string of the molecule is Cc1[nH]c(/C=C2\C(=O)Nc3ccc(F)cc32)c(C)c1CC(=O)N1CCCC1. The lowest BCUT2D eigenvalue weighted by Crippen LogP contribution is -2.29. The third kappa shape index (κ3) is 3.16. The zero-order chi connectivity index (χ0) is 19.1. The molecule has 1 aromatic carbocycles. The maximum atomic E-state index is 13.6. The van der Waals surface area contributed by atoms with Gasteiger partial charge in [0.05, 0.1) is 12.0 Å². The summed E-state index contributed by atoms with van der Waals surface area (Å²) < 4.78 is 13.6. The largest absolute Gasteiger partial charge is 0.359 e. The highest BCUT2D eigenvalue weighted by Crippen LogP contribution is 2.34. The first-order valence-electron chi connectivity index (χ1n) is 9.23. The van der Waals surface area contributed by atoms with Gasteiger partial charge in [0.1, 0.15) is 5.82 Å². The summed E-state index contributed by atoms with van der Waals surface area (Å²) in [5, 5.41) is 2.76. The molecule has 0 atom stereocenters. The van der Waals surface area contributed by atoms with Crippen molar-refractivity contribution in [3.63, 3.8) is 0 Å². The topological polar surface area (TPSA) is 65.2 Å². The van der Waals surface area contributed by atoms with Gasteiger partial charge in [-0.1, -0.05) is 0 Å². The smallest absolute Gasteiger partial charge is 0.256 e. The van der Waals surface area contributed by atoms with E-state index in [9.17, 15) is 14.0 Å². The molecule has 0 bridgehead atoms. The number of amides is 2. The molecular formula is C21H22FN3O2. The van der Waals surface area contributed by atoms with Crippen molar-refractivity contribution < 1.29 is 14.0 Å². The Balaban J connectivity index is 1.66. The number of nitrogens with one attached hydrogen (secondary N) is 2. The predicted molar refractivity (Wildman–Crippen MR) is 103 cm³/mol. The Labute approximate surface area is 157 Å². The number of hydrogen-bond donors (Lipinski definition) is 2. The van der Waals surface area contributed by atoms with Gasteiger partial charge >= 0.3 is 0 Å². The molecule has 2 N–H and O–H groups in total. The van der Waals surface area contributed by atoms with Gasteiger partial charge in [-0.3, -0.25) is 9.59 Å². The Morgan fingerprint density at radius 3 is 2.74 bits per heavy atom. The van der Waals surface area contributed by atoms with Crippen LogP contribution in [-0.4, -0.2) is 34.8 Å². The highest BCUT2D eigenvalue weighted by atomic mass is 19.1. The lowest BCUT2D eigenvalue weighted by atomic mass is 10.0. The number of benzene rings is 1. The number of aromatic nitrogens is 1. The van der Waals surface area contributed by atoms with Crippen molar-refractivity contribution in [3.05, 3.63) is 52.1 Å². The Morgan fingerprint density at radius 1 is 1.26 bits per heavy atom. The van der Waals surface area contributed by atoms with Crippen molar-refractivity contribution in [2.75, 3.05) is 18.4 Å². The van der Waals surface area contributed by atoms with E-state index < -0.39 is 0 Å². The van der Waals surface area contributed by atoms with E-state index in [1.54, 1.807) is 12.1 Å². The highest BCUT2D eigenvalue weighted by Gasteiger charge is 2.26. The Kier molecular flexibility index (Phi) is 4.34. The van der Waals surface area contributed by atoms with Crippen LogP contribution in [0.25, 0.3) is 11.6 Å². The van der Waals surface area contributed by atoms with Gasteiger partial charge in [0.15, 0.2) is 0 Å². The molecule has 1 fully saturated rings. The van der Waals surface area contributed by atoms with Crippen molar-refractivity contribution in [1.82, 2.24) is 9.88 Å². The lowest BCUT2D eigenvalue weighted by Gasteiger charge is -2.15. The number of anilines is 1. The van der Waals surface area contributed by atoms with Crippen molar-refractivity contribution >= 4 is 29.2 Å². The fraction of sp³-hybridized carbons (Fsp3) is 0.333. The van der Waals surface area contributed by atoms with E-state index in [0.717, 1.165) is 48.4 Å². The van der Waals surface area contributed by atoms with Crippen LogP contribution in [0.5, 0.6) is 0 Å². The van der Waals surface area contributed by atoms with Gasteiger partial charge in [-0.05, 0) is 62.1 Å². The first-order chi connectivity index (χ1) is 12.9. The fourth-order valence-electron chi connectivity index (χ4n) is 3.90. The molecule has 0 spiro atoms. The molecule has 0 radical (unpaired) electrons. The van der Waals surface area contributed by atoms with Crippen LogP contribution >= 0.6 is 0 Å². The van der Waals surface area contributed by atoms with Gasteiger partial charge in [0.25, 0.3) is 5.91 Å². The molecule has 0 aliphatic carbocycles. The minimum Gasteiger partial charge on any atom is -0.359 e. The third-order valence-electron chi connectivity index (χ3n) is 5.47. The molecular weight excluding hydrogens is 345 g/mol. The van der Waals surface area contributed by atoms with Gasteiger partial charge in [-0.15, -0.1) is 0 Å². The van der Waals surface area contributed by atoms with E-state index in [-0.39, 0.29) is 17.6 Å². The van der Waals surface area contributed by atoms with E-state index in [1.165, 1.54) is 12.1 Å². The van der Waals surface area contributed by atoms with Crippen LogP contribution in [0.2, 0.25) is 0 Å². The van der Waals surface area contributed by atoms with Crippen LogP contribution in [0, 0.1) is 19.7 Å². The number of rotatable bonds is 3. The molecule has 3 heterocycles. The predicted octanol–water partition coefficient (Wildman–Crippen LogP) is 3.43. The quantitative estimate of drug-likeness (QED) is 0.817. The summed E-state index contributed by atoms with van der Waals surface area (Å²) in [6.07, 6.45) is 4.24. The molecule has 0 unspecified atom stereocenters. The van der Waals surface area contributed by atoms with E-state index >= 15 is 0 Å². The highest BCUT2D eigenvalue weighted by molar-refractivity contribution is 6.34. The van der Waals surface area contributed by atoms with Gasteiger partial charge in [-0.25, -0.2) is 4.39 Å². The molecule has 1 saturated heterocycles. The number of nitrogens with zero attached hydrogens (tertiary/aromatic N) is 1. The average Bonchev–Trinajstić information content (AvgIpc) is 3.32. The van der Waals surface area contributed by atoms with E-state index in [1.807, 2.05) is 18.7 Å². The van der Waals surface area contributed by atoms with Crippen LogP contribution in [0.1, 0.15) is 40.9 Å². The first kappa shape index (κ1) is 17.5. The molecule has 2 aliphatic heterocycles. The fourth-order valence-corrected chi connectivity index (χ4v) is 3.90. The average molecular weight is 367 g/mol. The summed E-state index contributed by atoms with van der Waals surface area (Å²) >= 11 is 0. The summed E-state index contributed by atoms with van der Waals surface area (Å²) in [6.45, 7) is 5.55. The molecule has 6 heteroatoms. The summed E-state index contributed by atoms with van der Waals surface area (Å²) in [6, 6.07) is 4.26. The normalized spacial score (nSPS) is 17.5. The molecule has 0 saturated carbocycles. The van der Waals surface area contributed by atoms with Gasteiger partial charge in [0.2, 0.25) is 5.91 Å². The van der Waals surface area contributed by atoms with Crippen molar-refractivity contribution in [1.29, 1.82) is 0 Å². The van der Waals surface area contributed by atoms with Gasteiger partial charge in [-0.2, -0.15) is 0 Å². The number of aromatic amines is 1. The van der Waals surface area contributed by atoms with Crippen molar-refractivity contribution in [2.45, 2.75) is 33.1 Å². The molecule has 1 aromatic heterocycles. The second kappa shape index (κ2) is 6.68. The zero-order valence-electron chi connectivity index (χ0n) is 15.5. The molecule has 5 nitrogen and oxygen atoms in total. The summed E-state index contributed by atoms with van der Waals surface area (Å²) in [4.78, 5) is 30.0. The molecule has 27 heavy (non-hydrogen) atoms. The summed E-state index contributed by atoms with van der Waals surface area (Å²) in [7, 11) is 0. The van der Waals surface area contributed by atoms with Crippen LogP contribution in [0.4, 0.5) is 10.1 Å². The van der Waals surface area contributed by atoms with Crippen LogP contribution in [0.15, 0.2) is 18.2 Å². The lowest BCUT2D eigenvalue weighted by molar-refractivity contribution is -0.129. The molecule has 2 aromatic rings. The first-order valence-corrected chi connectivity index (χ1v) is 9.23. The molecule has 2 aliphatic rings. The minimum absolute atomic E-state index is 0.142. The molecule has 140 valence electrons. The number of carbonyl (C=O) groups is 2. The van der Waals surface area contributed by atoms with Crippen LogP contribution < -0.4 is 5.32 Å². The summed E-state index contributed by atoms with van der Waals surface area (Å²) in [5.41, 5.74) is 5.20. The second-order valence-corrected chi connectivity index (χ2v) is 7.23. The molecule has 4 rings (SSSR count).